The number of nitrogens with zero attached hydrogens (tertiary/aromatic N) is 4. The van der Waals surface area contributed by atoms with Crippen molar-refractivity contribution in [2.75, 3.05) is 0 Å². The van der Waals surface area contributed by atoms with Crippen LogP contribution in [0.5, 0.6) is 0 Å². The van der Waals surface area contributed by atoms with Crippen LogP contribution in [0.15, 0.2) is 43.0 Å². The zero-order valence-corrected chi connectivity index (χ0v) is 13.8. The van der Waals surface area contributed by atoms with Crippen LogP contribution in [0.1, 0.15) is 16.7 Å². The van der Waals surface area contributed by atoms with E-state index < -0.39 is 11.7 Å². The molecule has 2 aromatic heterocycles. The highest BCUT2D eigenvalue weighted by molar-refractivity contribution is 6.22. The number of primary amides is 1. The van der Waals surface area contributed by atoms with E-state index in [9.17, 15) is 9.18 Å². The van der Waals surface area contributed by atoms with Crippen LogP contribution < -0.4 is 5.73 Å². The van der Waals surface area contributed by atoms with Gasteiger partial charge in [0.25, 0.3) is 5.91 Å². The molecule has 0 aliphatic heterocycles. The summed E-state index contributed by atoms with van der Waals surface area (Å²) in [6.45, 7) is 3.98. The molecule has 0 unspecified atom stereocenters. The highest BCUT2D eigenvalue weighted by Gasteiger charge is 2.14. The Bertz CT molecular complexity index is 957. The van der Waals surface area contributed by atoms with E-state index in [4.69, 9.17) is 5.73 Å². The Hall–Kier alpha value is -3.35. The van der Waals surface area contributed by atoms with Gasteiger partial charge >= 0.3 is 0 Å². The molecule has 0 atom stereocenters. The van der Waals surface area contributed by atoms with Crippen LogP contribution in [0.4, 0.5) is 4.39 Å². The van der Waals surface area contributed by atoms with Crippen molar-refractivity contribution in [1.29, 1.82) is 0 Å². The Morgan fingerprint density at radius 2 is 1.96 bits per heavy atom. The molecule has 0 radical (unpaired) electrons. The number of carbonyl (C=O) groups is 1. The van der Waals surface area contributed by atoms with Crippen molar-refractivity contribution in [3.8, 4) is 11.4 Å². The van der Waals surface area contributed by atoms with Crippen molar-refractivity contribution in [2.24, 2.45) is 5.73 Å². The van der Waals surface area contributed by atoms with Crippen LogP contribution in [0.3, 0.4) is 0 Å². The maximum Gasteiger partial charge on any atom is 0.250 e. The minimum Gasteiger partial charge on any atom is -0.366 e. The molecule has 126 valence electrons. The summed E-state index contributed by atoms with van der Waals surface area (Å²) in [6, 6.07) is 7.37. The number of rotatable bonds is 4. The summed E-state index contributed by atoms with van der Waals surface area (Å²) >= 11 is 0. The van der Waals surface area contributed by atoms with Crippen molar-refractivity contribution in [1.82, 2.24) is 19.7 Å². The molecule has 6 nitrogen and oxygen atoms in total. The molecule has 0 aliphatic rings. The number of benzene rings is 1. The van der Waals surface area contributed by atoms with Gasteiger partial charge in [-0.1, -0.05) is 17.2 Å². The summed E-state index contributed by atoms with van der Waals surface area (Å²) < 4.78 is 15.2. The molecule has 1 amide bonds. The van der Waals surface area contributed by atoms with E-state index in [1.807, 2.05) is 26.0 Å². The Morgan fingerprint density at radius 3 is 2.60 bits per heavy atom. The molecule has 0 bridgehead atoms. The van der Waals surface area contributed by atoms with Crippen LogP contribution in [-0.2, 0) is 4.79 Å². The Labute approximate surface area is 143 Å². The summed E-state index contributed by atoms with van der Waals surface area (Å²) in [5.41, 5.74) is 8.48. The number of hydrogen-bond donors (Lipinski definition) is 1. The maximum absolute atomic E-state index is 13.9. The number of pyridine rings is 1. The van der Waals surface area contributed by atoms with E-state index in [0.29, 0.717) is 5.82 Å². The standard InChI is InChI=1S/C18H16FN5O/c1-11-5-12(2)7-13(6-11)18-22-10-24(23-18)9-15(17(20)25)14-3-4-21-8-16(14)19/h3-10H,1-2H3,(H2,20,25)/b15-9+. The summed E-state index contributed by atoms with van der Waals surface area (Å²) in [7, 11) is 0. The van der Waals surface area contributed by atoms with Crippen LogP contribution in [0, 0.1) is 19.7 Å². The number of carbonyl (C=O) groups excluding carboxylic acids is 1. The highest BCUT2D eigenvalue weighted by Crippen LogP contribution is 2.20. The molecule has 2 heterocycles. The Kier molecular flexibility index (Phi) is 4.38. The Morgan fingerprint density at radius 1 is 1.24 bits per heavy atom. The van der Waals surface area contributed by atoms with Gasteiger partial charge in [0.05, 0.1) is 11.8 Å². The fraction of sp³-hybridized carbons (Fsp3) is 0.111. The van der Waals surface area contributed by atoms with E-state index in [1.54, 1.807) is 0 Å². The van der Waals surface area contributed by atoms with Crippen molar-refractivity contribution in [2.45, 2.75) is 13.8 Å². The second kappa shape index (κ2) is 6.64. The molecule has 1 aromatic carbocycles. The van der Waals surface area contributed by atoms with Crippen LogP contribution in [-0.4, -0.2) is 25.7 Å². The van der Waals surface area contributed by atoms with Gasteiger partial charge in [-0.3, -0.25) is 9.78 Å². The van der Waals surface area contributed by atoms with E-state index >= 15 is 0 Å². The van der Waals surface area contributed by atoms with Gasteiger partial charge in [-0.05, 0) is 32.0 Å². The average Bonchev–Trinajstić information content (AvgIpc) is 3.01. The van der Waals surface area contributed by atoms with Crippen molar-refractivity contribution in [3.05, 3.63) is 65.5 Å². The predicted octanol–water partition coefficient (Wildman–Crippen LogP) is 2.58. The smallest absolute Gasteiger partial charge is 0.250 e. The SMILES string of the molecule is Cc1cc(C)cc(-c2ncn(/C=C(/C(N)=O)c3ccncc3F)n2)c1. The minimum absolute atomic E-state index is 0.0169. The highest BCUT2D eigenvalue weighted by atomic mass is 19.1. The molecule has 0 spiro atoms. The fourth-order valence-electron chi connectivity index (χ4n) is 2.56. The van der Waals surface area contributed by atoms with E-state index in [0.717, 1.165) is 22.9 Å². The second-order valence-corrected chi connectivity index (χ2v) is 5.69. The molecule has 0 aliphatic carbocycles. The lowest BCUT2D eigenvalue weighted by atomic mass is 10.1. The van der Waals surface area contributed by atoms with Crippen molar-refractivity contribution >= 4 is 17.7 Å². The van der Waals surface area contributed by atoms with Crippen LogP contribution >= 0.6 is 0 Å². The number of aryl methyl sites for hydroxylation is 2. The normalized spacial score (nSPS) is 11.6. The molecule has 25 heavy (non-hydrogen) atoms. The van der Waals surface area contributed by atoms with Gasteiger partial charge in [0, 0.05) is 23.5 Å². The monoisotopic (exact) mass is 337 g/mol. The van der Waals surface area contributed by atoms with E-state index in [-0.39, 0.29) is 11.1 Å². The third kappa shape index (κ3) is 3.60. The first-order valence-electron chi connectivity index (χ1n) is 7.55. The summed E-state index contributed by atoms with van der Waals surface area (Å²) in [5, 5.41) is 4.32. The Balaban J connectivity index is 2.02. The molecule has 3 rings (SSSR count). The zero-order chi connectivity index (χ0) is 18.0. The van der Waals surface area contributed by atoms with Crippen LogP contribution in [0.25, 0.3) is 23.2 Å². The quantitative estimate of drug-likeness (QED) is 0.741. The third-order valence-corrected chi connectivity index (χ3v) is 3.58. The summed E-state index contributed by atoms with van der Waals surface area (Å²) in [4.78, 5) is 19.6. The molecule has 0 saturated heterocycles. The first kappa shape index (κ1) is 16.5. The van der Waals surface area contributed by atoms with Crippen molar-refractivity contribution < 1.29 is 9.18 Å². The van der Waals surface area contributed by atoms with Crippen LogP contribution in [0.2, 0.25) is 0 Å². The predicted molar refractivity (Wildman–Crippen MR) is 92.5 cm³/mol. The van der Waals surface area contributed by atoms with Gasteiger partial charge < -0.3 is 5.73 Å². The third-order valence-electron chi connectivity index (χ3n) is 3.58. The number of aromatic nitrogens is 4. The first-order chi connectivity index (χ1) is 11.9. The maximum atomic E-state index is 13.9. The number of amides is 1. The molecular weight excluding hydrogens is 321 g/mol. The van der Waals surface area contributed by atoms with Gasteiger partial charge in [0.2, 0.25) is 0 Å². The molecule has 2 N–H and O–H groups in total. The largest absolute Gasteiger partial charge is 0.366 e. The lowest BCUT2D eigenvalue weighted by Crippen LogP contribution is -2.14. The average molecular weight is 337 g/mol. The van der Waals surface area contributed by atoms with Gasteiger partial charge in [0.1, 0.15) is 12.1 Å². The fourth-order valence-corrected chi connectivity index (χ4v) is 2.56. The van der Waals surface area contributed by atoms with Gasteiger partial charge in [-0.25, -0.2) is 14.1 Å². The van der Waals surface area contributed by atoms with Gasteiger partial charge in [-0.15, -0.1) is 5.10 Å². The lowest BCUT2D eigenvalue weighted by molar-refractivity contribution is -0.112. The molecule has 0 fully saturated rings. The van der Waals surface area contributed by atoms with Gasteiger partial charge in [0.15, 0.2) is 5.82 Å². The zero-order valence-electron chi connectivity index (χ0n) is 13.8. The topological polar surface area (TPSA) is 86.7 Å². The van der Waals surface area contributed by atoms with E-state index in [2.05, 4.69) is 21.1 Å². The minimum atomic E-state index is -0.770. The molecular formula is C18H16FN5O. The summed E-state index contributed by atoms with van der Waals surface area (Å²) in [5.74, 6) is -0.905. The lowest BCUT2D eigenvalue weighted by Gasteiger charge is -2.04. The number of halogens is 1. The molecule has 3 aromatic rings. The van der Waals surface area contributed by atoms with E-state index in [1.165, 1.54) is 29.5 Å². The summed E-state index contributed by atoms with van der Waals surface area (Å²) in [6.07, 6.45) is 5.20. The molecule has 0 saturated carbocycles. The number of nitrogens with two attached hydrogens (primary N) is 1. The first-order valence-corrected chi connectivity index (χ1v) is 7.55. The van der Waals surface area contributed by atoms with Gasteiger partial charge in [-0.2, -0.15) is 0 Å². The second-order valence-electron chi connectivity index (χ2n) is 5.69. The molecule has 7 heteroatoms. The number of hydrogen-bond acceptors (Lipinski definition) is 4. The van der Waals surface area contributed by atoms with Crippen molar-refractivity contribution in [3.63, 3.8) is 0 Å².